The fraction of sp³-hybridized carbons (Fsp3) is 0.917. The molecule has 17 heavy (non-hydrogen) atoms. The highest BCUT2D eigenvalue weighted by molar-refractivity contribution is 5.68. The minimum Gasteiger partial charge on any atom is -0.444 e. The van der Waals surface area contributed by atoms with E-state index in [1.54, 1.807) is 4.90 Å². The van der Waals surface area contributed by atoms with Crippen LogP contribution in [0.4, 0.5) is 9.18 Å². The summed E-state index contributed by atoms with van der Waals surface area (Å²) >= 11 is 0. The van der Waals surface area contributed by atoms with Crippen LogP contribution in [0.1, 0.15) is 27.2 Å². The van der Waals surface area contributed by atoms with Gasteiger partial charge in [0.05, 0.1) is 6.67 Å². The Hall–Kier alpha value is -0.840. The van der Waals surface area contributed by atoms with Gasteiger partial charge in [0, 0.05) is 25.6 Å². The molecule has 2 atom stereocenters. The third kappa shape index (κ3) is 4.15. The second-order valence-corrected chi connectivity index (χ2v) is 5.57. The van der Waals surface area contributed by atoms with Crippen LogP contribution in [0.5, 0.6) is 0 Å². The van der Waals surface area contributed by atoms with Crippen molar-refractivity contribution in [3.8, 4) is 0 Å². The van der Waals surface area contributed by atoms with Crippen molar-refractivity contribution < 1.29 is 19.0 Å². The van der Waals surface area contributed by atoms with Crippen molar-refractivity contribution in [3.05, 3.63) is 0 Å². The Labute approximate surface area is 102 Å². The van der Waals surface area contributed by atoms with Crippen molar-refractivity contribution in [2.24, 2.45) is 11.8 Å². The Kier molecular flexibility index (Phi) is 4.74. The summed E-state index contributed by atoms with van der Waals surface area (Å²) in [6.45, 7) is 5.93. The molecule has 0 spiro atoms. The van der Waals surface area contributed by atoms with Gasteiger partial charge in [0.2, 0.25) is 0 Å². The van der Waals surface area contributed by atoms with E-state index in [1.807, 2.05) is 20.8 Å². The van der Waals surface area contributed by atoms with Gasteiger partial charge in [-0.3, -0.25) is 4.39 Å². The summed E-state index contributed by atoms with van der Waals surface area (Å²) in [6.07, 6.45) is 0.0159. The molecule has 1 aliphatic heterocycles. The van der Waals surface area contributed by atoms with Crippen molar-refractivity contribution in [2.75, 3.05) is 26.4 Å². The summed E-state index contributed by atoms with van der Waals surface area (Å²) in [5, 5.41) is 9.19. The van der Waals surface area contributed by atoms with Gasteiger partial charge >= 0.3 is 6.09 Å². The second kappa shape index (κ2) is 5.67. The van der Waals surface area contributed by atoms with Crippen LogP contribution in [0.15, 0.2) is 0 Å². The minimum absolute atomic E-state index is 0.00996. The molecule has 100 valence electrons. The summed E-state index contributed by atoms with van der Waals surface area (Å²) in [4.78, 5) is 13.4. The van der Waals surface area contributed by atoms with Gasteiger partial charge < -0.3 is 14.7 Å². The second-order valence-electron chi connectivity index (χ2n) is 5.57. The molecule has 0 aromatic heterocycles. The quantitative estimate of drug-likeness (QED) is 0.827. The fourth-order valence-corrected chi connectivity index (χ4v) is 2.09. The van der Waals surface area contributed by atoms with E-state index >= 15 is 0 Å². The van der Waals surface area contributed by atoms with Crippen LogP contribution in [0, 0.1) is 11.8 Å². The Morgan fingerprint density at radius 3 is 2.47 bits per heavy atom. The molecule has 1 saturated heterocycles. The number of rotatable bonds is 3. The van der Waals surface area contributed by atoms with E-state index < -0.39 is 12.3 Å². The number of likely N-dealkylation sites (tertiary alicyclic amines) is 1. The number of carbonyl (C=O) groups excluding carboxylic acids is 1. The zero-order chi connectivity index (χ0) is 13.1. The predicted octanol–water partition coefficient (Wildman–Crippen LogP) is 1.82. The lowest BCUT2D eigenvalue weighted by molar-refractivity contribution is 0.0280. The summed E-state index contributed by atoms with van der Waals surface area (Å²) in [6, 6.07) is 0. The summed E-state index contributed by atoms with van der Waals surface area (Å²) < 4.78 is 17.6. The summed E-state index contributed by atoms with van der Waals surface area (Å²) in [7, 11) is 0. The van der Waals surface area contributed by atoms with Crippen LogP contribution in [0.2, 0.25) is 0 Å². The molecule has 0 radical (unpaired) electrons. The van der Waals surface area contributed by atoms with Crippen LogP contribution >= 0.6 is 0 Å². The van der Waals surface area contributed by atoms with Crippen LogP contribution in [-0.4, -0.2) is 48.1 Å². The van der Waals surface area contributed by atoms with Crippen molar-refractivity contribution in [1.29, 1.82) is 0 Å². The molecule has 1 fully saturated rings. The molecule has 1 heterocycles. The van der Waals surface area contributed by atoms with Crippen molar-refractivity contribution >= 4 is 6.09 Å². The lowest BCUT2D eigenvalue weighted by Crippen LogP contribution is -2.35. The van der Waals surface area contributed by atoms with Gasteiger partial charge in [-0.1, -0.05) is 0 Å². The molecular weight excluding hydrogens is 225 g/mol. The number of hydrogen-bond acceptors (Lipinski definition) is 3. The maximum atomic E-state index is 12.3. The molecule has 0 aromatic rings. The molecule has 1 aliphatic rings. The lowest BCUT2D eigenvalue weighted by atomic mass is 9.94. The largest absolute Gasteiger partial charge is 0.444 e. The fourth-order valence-electron chi connectivity index (χ4n) is 2.09. The normalized spacial score (nSPS) is 25.1. The highest BCUT2D eigenvalue weighted by atomic mass is 19.1. The maximum absolute atomic E-state index is 12.3. The van der Waals surface area contributed by atoms with E-state index in [-0.39, 0.29) is 24.5 Å². The Morgan fingerprint density at radius 1 is 1.41 bits per heavy atom. The van der Waals surface area contributed by atoms with Crippen LogP contribution in [0.3, 0.4) is 0 Å². The molecule has 0 aliphatic carbocycles. The first-order chi connectivity index (χ1) is 7.87. The number of aliphatic hydroxyl groups excluding tert-OH is 1. The first-order valence-corrected chi connectivity index (χ1v) is 6.02. The average molecular weight is 247 g/mol. The van der Waals surface area contributed by atoms with Crippen molar-refractivity contribution in [3.63, 3.8) is 0 Å². The van der Waals surface area contributed by atoms with Gasteiger partial charge in [-0.15, -0.1) is 0 Å². The van der Waals surface area contributed by atoms with E-state index in [0.29, 0.717) is 19.5 Å². The molecule has 0 bridgehead atoms. The molecule has 0 aromatic carbocycles. The molecule has 1 rings (SSSR count). The standard InChI is InChI=1S/C12H22FNO3/c1-12(2,3)17-11(16)14-6-9(4-5-13)10(7-14)8-15/h9-10,15H,4-8H2,1-3H3. The van der Waals surface area contributed by atoms with Crippen LogP contribution < -0.4 is 0 Å². The van der Waals surface area contributed by atoms with Crippen molar-refractivity contribution in [2.45, 2.75) is 32.8 Å². The SMILES string of the molecule is CC(C)(C)OC(=O)N1CC(CO)C(CCF)C1. The number of nitrogens with zero attached hydrogens (tertiary/aromatic N) is 1. The van der Waals surface area contributed by atoms with E-state index in [0.717, 1.165) is 0 Å². The van der Waals surface area contributed by atoms with Gasteiger partial charge in [0.15, 0.2) is 0 Å². The third-order valence-corrected chi connectivity index (χ3v) is 2.94. The van der Waals surface area contributed by atoms with Crippen LogP contribution in [-0.2, 0) is 4.74 Å². The number of ether oxygens (including phenoxy) is 1. The van der Waals surface area contributed by atoms with Gasteiger partial charge in [-0.05, 0) is 33.1 Å². The molecule has 1 amide bonds. The maximum Gasteiger partial charge on any atom is 0.410 e. The van der Waals surface area contributed by atoms with Crippen LogP contribution in [0.25, 0.3) is 0 Å². The number of halogens is 1. The monoisotopic (exact) mass is 247 g/mol. The van der Waals surface area contributed by atoms with E-state index in [4.69, 9.17) is 4.74 Å². The van der Waals surface area contributed by atoms with E-state index in [1.165, 1.54) is 0 Å². The molecule has 1 N–H and O–H groups in total. The first-order valence-electron chi connectivity index (χ1n) is 6.02. The molecule has 2 unspecified atom stereocenters. The third-order valence-electron chi connectivity index (χ3n) is 2.94. The highest BCUT2D eigenvalue weighted by Crippen LogP contribution is 2.27. The zero-order valence-corrected chi connectivity index (χ0v) is 10.8. The number of amides is 1. The average Bonchev–Trinajstić information content (AvgIpc) is 2.59. The number of aliphatic hydroxyl groups is 1. The number of hydrogen-bond donors (Lipinski definition) is 1. The lowest BCUT2D eigenvalue weighted by Gasteiger charge is -2.24. The summed E-state index contributed by atoms with van der Waals surface area (Å²) in [5.74, 6) is 0.00999. The zero-order valence-electron chi connectivity index (χ0n) is 10.8. The smallest absolute Gasteiger partial charge is 0.410 e. The molecule has 0 saturated carbocycles. The van der Waals surface area contributed by atoms with Gasteiger partial charge in [0.25, 0.3) is 0 Å². The van der Waals surface area contributed by atoms with E-state index in [9.17, 15) is 14.3 Å². The number of alkyl halides is 1. The van der Waals surface area contributed by atoms with Gasteiger partial charge in [-0.25, -0.2) is 4.79 Å². The first kappa shape index (κ1) is 14.2. The predicted molar refractivity (Wildman–Crippen MR) is 62.5 cm³/mol. The minimum atomic E-state index is -0.524. The molecule has 4 nitrogen and oxygen atoms in total. The van der Waals surface area contributed by atoms with Crippen molar-refractivity contribution in [1.82, 2.24) is 4.90 Å². The Morgan fingerprint density at radius 2 is 2.00 bits per heavy atom. The summed E-state index contributed by atoms with van der Waals surface area (Å²) in [5.41, 5.74) is -0.524. The topological polar surface area (TPSA) is 49.8 Å². The van der Waals surface area contributed by atoms with Gasteiger partial charge in [0.1, 0.15) is 5.60 Å². The Balaban J connectivity index is 2.54. The Bertz CT molecular complexity index is 265. The number of carbonyl (C=O) groups is 1. The van der Waals surface area contributed by atoms with E-state index in [2.05, 4.69) is 0 Å². The van der Waals surface area contributed by atoms with Gasteiger partial charge in [-0.2, -0.15) is 0 Å². The highest BCUT2D eigenvalue weighted by Gasteiger charge is 2.36. The molecule has 5 heteroatoms. The molecular formula is C12H22FNO3.